The maximum Gasteiger partial charge on any atom is 0.222 e. The molecule has 1 aromatic rings. The van der Waals surface area contributed by atoms with E-state index in [1.807, 2.05) is 4.90 Å². The summed E-state index contributed by atoms with van der Waals surface area (Å²) < 4.78 is 0. The molecule has 0 aliphatic carbocycles. The van der Waals surface area contributed by atoms with Crippen LogP contribution < -0.4 is 0 Å². The second kappa shape index (κ2) is 7.44. The second-order valence-electron chi connectivity index (χ2n) is 5.71. The molecule has 3 heteroatoms. The molecule has 1 aliphatic heterocycles. The van der Waals surface area contributed by atoms with Crippen LogP contribution in [0.2, 0.25) is 0 Å². The highest BCUT2D eigenvalue weighted by atomic mass is 16.2. The van der Waals surface area contributed by atoms with Crippen molar-refractivity contribution in [3.05, 3.63) is 35.9 Å². The molecule has 1 atom stereocenters. The van der Waals surface area contributed by atoms with Gasteiger partial charge in [-0.25, -0.2) is 0 Å². The normalized spacial score (nSPS) is 20.1. The van der Waals surface area contributed by atoms with Crippen molar-refractivity contribution >= 4 is 5.91 Å². The highest BCUT2D eigenvalue weighted by Gasteiger charge is 2.25. The lowest BCUT2D eigenvalue weighted by Crippen LogP contribution is -2.53. The Labute approximate surface area is 122 Å². The Hall–Kier alpha value is -1.35. The van der Waals surface area contributed by atoms with Gasteiger partial charge in [0.05, 0.1) is 0 Å². The number of amides is 1. The maximum absolute atomic E-state index is 11.9. The average molecular weight is 274 g/mol. The predicted octanol–water partition coefficient (Wildman–Crippen LogP) is 2.56. The first-order valence-corrected chi connectivity index (χ1v) is 7.76. The molecule has 1 heterocycles. The molecule has 1 fully saturated rings. The lowest BCUT2D eigenvalue weighted by molar-refractivity contribution is -0.134. The molecule has 1 saturated heterocycles. The van der Waals surface area contributed by atoms with Gasteiger partial charge in [-0.3, -0.25) is 9.69 Å². The first-order chi connectivity index (χ1) is 9.70. The fourth-order valence-corrected chi connectivity index (χ4v) is 2.84. The van der Waals surface area contributed by atoms with Gasteiger partial charge in [-0.15, -0.1) is 0 Å². The van der Waals surface area contributed by atoms with Crippen LogP contribution in [0.1, 0.15) is 32.3 Å². The van der Waals surface area contributed by atoms with Gasteiger partial charge in [0, 0.05) is 38.6 Å². The van der Waals surface area contributed by atoms with Crippen LogP contribution >= 0.6 is 0 Å². The van der Waals surface area contributed by atoms with Crippen molar-refractivity contribution in [3.8, 4) is 0 Å². The molecular weight excluding hydrogens is 248 g/mol. The van der Waals surface area contributed by atoms with Crippen molar-refractivity contribution in [2.24, 2.45) is 0 Å². The standard InChI is InChI=1S/C17H26N2O/c1-3-7-17(20)19-13-12-18(15(2)14-19)11-10-16-8-5-4-6-9-16/h4-6,8-9,15H,3,7,10-14H2,1-2H3. The average Bonchev–Trinajstić information content (AvgIpc) is 2.47. The SMILES string of the molecule is CCCC(=O)N1CCN(CCc2ccccc2)C(C)C1. The molecule has 0 aromatic heterocycles. The van der Waals surface area contributed by atoms with Crippen LogP contribution in [0.25, 0.3) is 0 Å². The van der Waals surface area contributed by atoms with Crippen LogP contribution in [0.3, 0.4) is 0 Å². The molecule has 0 bridgehead atoms. The number of rotatable bonds is 5. The van der Waals surface area contributed by atoms with Crippen molar-refractivity contribution in [2.45, 2.75) is 39.2 Å². The zero-order chi connectivity index (χ0) is 14.4. The van der Waals surface area contributed by atoms with Crippen molar-refractivity contribution in [3.63, 3.8) is 0 Å². The van der Waals surface area contributed by atoms with Crippen LogP contribution in [-0.4, -0.2) is 47.9 Å². The van der Waals surface area contributed by atoms with E-state index in [1.165, 1.54) is 5.56 Å². The quantitative estimate of drug-likeness (QED) is 0.824. The Morgan fingerprint density at radius 3 is 2.65 bits per heavy atom. The lowest BCUT2D eigenvalue weighted by Gasteiger charge is -2.40. The van der Waals surface area contributed by atoms with Gasteiger partial charge in [0.1, 0.15) is 0 Å². The van der Waals surface area contributed by atoms with E-state index in [9.17, 15) is 4.79 Å². The first-order valence-electron chi connectivity index (χ1n) is 7.76. The first kappa shape index (κ1) is 15.0. The zero-order valence-electron chi connectivity index (χ0n) is 12.7. The molecule has 20 heavy (non-hydrogen) atoms. The number of benzene rings is 1. The third-order valence-corrected chi connectivity index (χ3v) is 4.11. The Balaban J connectivity index is 1.80. The molecule has 0 radical (unpaired) electrons. The summed E-state index contributed by atoms with van der Waals surface area (Å²) >= 11 is 0. The van der Waals surface area contributed by atoms with Gasteiger partial charge < -0.3 is 4.90 Å². The van der Waals surface area contributed by atoms with Gasteiger partial charge in [-0.2, -0.15) is 0 Å². The number of carbonyl (C=O) groups excluding carboxylic acids is 1. The van der Waals surface area contributed by atoms with E-state index in [-0.39, 0.29) is 0 Å². The van der Waals surface area contributed by atoms with E-state index < -0.39 is 0 Å². The molecule has 2 rings (SSSR count). The summed E-state index contributed by atoms with van der Waals surface area (Å²) in [7, 11) is 0. The van der Waals surface area contributed by atoms with Gasteiger partial charge in [0.25, 0.3) is 0 Å². The zero-order valence-corrected chi connectivity index (χ0v) is 12.7. The summed E-state index contributed by atoms with van der Waals surface area (Å²) in [6, 6.07) is 11.1. The molecule has 0 saturated carbocycles. The molecule has 0 spiro atoms. The van der Waals surface area contributed by atoms with Crippen molar-refractivity contribution in [1.82, 2.24) is 9.80 Å². The molecule has 1 aliphatic rings. The monoisotopic (exact) mass is 274 g/mol. The van der Waals surface area contributed by atoms with Gasteiger partial charge in [-0.05, 0) is 25.3 Å². The number of nitrogens with zero attached hydrogens (tertiary/aromatic N) is 2. The van der Waals surface area contributed by atoms with E-state index in [0.717, 1.165) is 39.0 Å². The van der Waals surface area contributed by atoms with E-state index in [2.05, 4.69) is 49.1 Å². The van der Waals surface area contributed by atoms with Crippen LogP contribution in [0.15, 0.2) is 30.3 Å². The van der Waals surface area contributed by atoms with Crippen molar-refractivity contribution < 1.29 is 4.79 Å². The minimum Gasteiger partial charge on any atom is -0.340 e. The van der Waals surface area contributed by atoms with E-state index in [4.69, 9.17) is 0 Å². The summed E-state index contributed by atoms with van der Waals surface area (Å²) in [6.07, 6.45) is 2.73. The molecule has 1 aromatic carbocycles. The summed E-state index contributed by atoms with van der Waals surface area (Å²) in [5, 5.41) is 0. The topological polar surface area (TPSA) is 23.6 Å². The number of hydrogen-bond acceptors (Lipinski definition) is 2. The Bertz CT molecular complexity index is 418. The van der Waals surface area contributed by atoms with Gasteiger partial charge in [0.2, 0.25) is 5.91 Å². The van der Waals surface area contributed by atoms with Crippen molar-refractivity contribution in [1.29, 1.82) is 0 Å². The van der Waals surface area contributed by atoms with Gasteiger partial charge in [-0.1, -0.05) is 37.3 Å². The molecular formula is C17H26N2O. The van der Waals surface area contributed by atoms with Gasteiger partial charge in [0.15, 0.2) is 0 Å². The van der Waals surface area contributed by atoms with Crippen LogP contribution in [0.4, 0.5) is 0 Å². The number of hydrogen-bond donors (Lipinski definition) is 0. The third kappa shape index (κ3) is 4.07. The third-order valence-electron chi connectivity index (χ3n) is 4.11. The Kier molecular flexibility index (Phi) is 5.60. The molecule has 110 valence electrons. The summed E-state index contributed by atoms with van der Waals surface area (Å²) in [5.41, 5.74) is 1.39. The number of carbonyl (C=O) groups is 1. The smallest absolute Gasteiger partial charge is 0.222 e. The van der Waals surface area contributed by atoms with E-state index >= 15 is 0 Å². The fourth-order valence-electron chi connectivity index (χ4n) is 2.84. The minimum atomic E-state index is 0.321. The lowest BCUT2D eigenvalue weighted by atomic mass is 10.1. The van der Waals surface area contributed by atoms with Crippen LogP contribution in [-0.2, 0) is 11.2 Å². The van der Waals surface area contributed by atoms with Crippen LogP contribution in [0.5, 0.6) is 0 Å². The van der Waals surface area contributed by atoms with Crippen molar-refractivity contribution in [2.75, 3.05) is 26.2 Å². The predicted molar refractivity (Wildman–Crippen MR) is 82.7 cm³/mol. The molecule has 1 unspecified atom stereocenters. The van der Waals surface area contributed by atoms with Gasteiger partial charge >= 0.3 is 0 Å². The second-order valence-corrected chi connectivity index (χ2v) is 5.71. The largest absolute Gasteiger partial charge is 0.340 e. The maximum atomic E-state index is 11.9. The molecule has 1 amide bonds. The van der Waals surface area contributed by atoms with Crippen LogP contribution in [0, 0.1) is 0 Å². The Morgan fingerprint density at radius 1 is 1.25 bits per heavy atom. The summed E-state index contributed by atoms with van der Waals surface area (Å²) in [6.45, 7) is 8.16. The molecule has 3 nitrogen and oxygen atoms in total. The minimum absolute atomic E-state index is 0.321. The van der Waals surface area contributed by atoms with E-state index in [1.54, 1.807) is 0 Å². The highest BCUT2D eigenvalue weighted by molar-refractivity contribution is 5.76. The number of piperazine rings is 1. The highest BCUT2D eigenvalue weighted by Crippen LogP contribution is 2.12. The Morgan fingerprint density at radius 2 is 2.00 bits per heavy atom. The summed E-state index contributed by atoms with van der Waals surface area (Å²) in [4.78, 5) is 16.5. The summed E-state index contributed by atoms with van der Waals surface area (Å²) in [5.74, 6) is 0.321. The van der Waals surface area contributed by atoms with E-state index in [0.29, 0.717) is 18.4 Å². The molecule has 0 N–H and O–H groups in total. The fraction of sp³-hybridized carbons (Fsp3) is 0.588.